The van der Waals surface area contributed by atoms with Crippen molar-refractivity contribution in [2.45, 2.75) is 65.8 Å². The highest BCUT2D eigenvalue weighted by atomic mass is 16.6. The molecule has 0 bridgehead atoms. The van der Waals surface area contributed by atoms with Crippen molar-refractivity contribution >= 4 is 12.2 Å². The first-order chi connectivity index (χ1) is 13.7. The van der Waals surface area contributed by atoms with Crippen LogP contribution in [0.3, 0.4) is 0 Å². The number of hydrogen-bond donors (Lipinski definition) is 0. The van der Waals surface area contributed by atoms with Gasteiger partial charge in [0.15, 0.2) is 0 Å². The van der Waals surface area contributed by atoms with Gasteiger partial charge in [0.2, 0.25) is 0 Å². The maximum Gasteiger partial charge on any atom is 0.420 e. The number of likely N-dealkylation sites (N-methyl/N-ethyl adjacent to an activating group) is 2. The van der Waals surface area contributed by atoms with E-state index >= 15 is 0 Å². The fourth-order valence-corrected chi connectivity index (χ4v) is 2.43. The monoisotopic (exact) mass is 422 g/mol. The van der Waals surface area contributed by atoms with Gasteiger partial charge in [0.25, 0.3) is 0 Å². The molecule has 1 aromatic rings. The van der Waals surface area contributed by atoms with E-state index in [9.17, 15) is 9.59 Å². The van der Waals surface area contributed by atoms with Crippen LogP contribution in [0.5, 0.6) is 0 Å². The minimum atomic E-state index is -0.757. The summed E-state index contributed by atoms with van der Waals surface area (Å²) in [5.41, 5.74) is -0.0175. The predicted octanol–water partition coefficient (Wildman–Crippen LogP) is 3.75. The number of carbonyl (C=O) groups excluding carboxylic acids is 2. The van der Waals surface area contributed by atoms with Crippen LogP contribution < -0.4 is 0 Å². The lowest BCUT2D eigenvalue weighted by Crippen LogP contribution is -2.43. The van der Waals surface area contributed by atoms with Crippen LogP contribution in [0.1, 0.15) is 52.9 Å². The summed E-state index contributed by atoms with van der Waals surface area (Å²) >= 11 is 0. The Morgan fingerprint density at radius 2 is 1.30 bits per heavy atom. The van der Waals surface area contributed by atoms with Crippen LogP contribution in [0.2, 0.25) is 0 Å². The molecule has 0 aromatic carbocycles. The van der Waals surface area contributed by atoms with Crippen LogP contribution >= 0.6 is 0 Å². The van der Waals surface area contributed by atoms with E-state index in [1.54, 1.807) is 47.6 Å². The number of hydrogen-bond acceptors (Lipinski definition) is 7. The van der Waals surface area contributed by atoms with Gasteiger partial charge < -0.3 is 14.4 Å². The molecule has 0 atom stereocenters. The first-order valence-electron chi connectivity index (χ1n) is 10.2. The van der Waals surface area contributed by atoms with Gasteiger partial charge in [0, 0.05) is 19.6 Å². The van der Waals surface area contributed by atoms with Crippen molar-refractivity contribution in [1.82, 2.24) is 19.7 Å². The number of rotatable bonds is 7. The second kappa shape index (κ2) is 10.7. The summed E-state index contributed by atoms with van der Waals surface area (Å²) in [5, 5.41) is 0. The first kappa shape index (κ1) is 25.8. The molecule has 0 N–H and O–H groups in total. The predicted molar refractivity (Wildman–Crippen MR) is 117 cm³/mol. The zero-order chi connectivity index (χ0) is 23.1. The number of carbonyl (C=O) groups is 2. The number of imide groups is 1. The lowest BCUT2D eigenvalue weighted by Gasteiger charge is -2.28. The van der Waals surface area contributed by atoms with E-state index in [-0.39, 0.29) is 6.54 Å². The normalized spacial score (nSPS) is 12.2. The van der Waals surface area contributed by atoms with Crippen molar-refractivity contribution in [3.63, 3.8) is 0 Å². The molecule has 1 heterocycles. The third-order valence-corrected chi connectivity index (χ3v) is 3.77. The van der Waals surface area contributed by atoms with Crippen LogP contribution in [0, 0.1) is 0 Å². The summed E-state index contributed by atoms with van der Waals surface area (Å²) in [6, 6.07) is 5.59. The van der Waals surface area contributed by atoms with E-state index in [0.717, 1.165) is 23.7 Å². The molecule has 0 aliphatic heterocycles. The fourth-order valence-electron chi connectivity index (χ4n) is 2.43. The Hall–Kier alpha value is -2.19. The minimum Gasteiger partial charge on any atom is -0.443 e. The van der Waals surface area contributed by atoms with Crippen LogP contribution in [0.4, 0.5) is 9.59 Å². The highest BCUT2D eigenvalue weighted by Gasteiger charge is 2.31. The smallest absolute Gasteiger partial charge is 0.420 e. The average molecular weight is 423 g/mol. The molecular formula is C22H38N4O4. The molecule has 0 fully saturated rings. The van der Waals surface area contributed by atoms with Gasteiger partial charge in [-0.15, -0.1) is 0 Å². The number of ether oxygens (including phenoxy) is 2. The topological polar surface area (TPSA) is 75.2 Å². The zero-order valence-electron chi connectivity index (χ0n) is 20.0. The second-order valence-electron chi connectivity index (χ2n) is 9.71. The molecule has 1 aromatic heterocycles. The molecule has 0 saturated heterocycles. The second-order valence-corrected chi connectivity index (χ2v) is 9.71. The maximum atomic E-state index is 12.7. The Balaban J connectivity index is 2.97. The Labute approximate surface area is 181 Å². The highest BCUT2D eigenvalue weighted by Crippen LogP contribution is 2.17. The summed E-state index contributed by atoms with van der Waals surface area (Å²) in [4.78, 5) is 35.2. The molecule has 0 aliphatic carbocycles. The molecule has 0 spiro atoms. The quantitative estimate of drug-likeness (QED) is 0.662. The summed E-state index contributed by atoms with van der Waals surface area (Å²) in [6.07, 6.45) is -1.51. The van der Waals surface area contributed by atoms with Crippen LogP contribution in [-0.2, 0) is 22.6 Å². The standard InChI is InChI=1S/C22H38N4O4/c1-21(2,3)29-19(27)26(20(28)30-22(4,5)6)16-18-12-10-11-17(23-18)15-25(9)14-13-24(7)8/h10-12H,13-16H2,1-9H3. The van der Waals surface area contributed by atoms with E-state index < -0.39 is 23.4 Å². The molecule has 30 heavy (non-hydrogen) atoms. The molecule has 170 valence electrons. The largest absolute Gasteiger partial charge is 0.443 e. The van der Waals surface area contributed by atoms with Crippen LogP contribution in [0.25, 0.3) is 0 Å². The third kappa shape index (κ3) is 10.5. The number of aromatic nitrogens is 1. The number of pyridine rings is 1. The fraction of sp³-hybridized carbons (Fsp3) is 0.682. The summed E-state index contributed by atoms with van der Waals surface area (Å²) in [5.74, 6) is 0. The van der Waals surface area contributed by atoms with E-state index in [2.05, 4.69) is 14.8 Å². The van der Waals surface area contributed by atoms with Crippen molar-refractivity contribution < 1.29 is 19.1 Å². The van der Waals surface area contributed by atoms with Gasteiger partial charge in [-0.1, -0.05) is 6.07 Å². The van der Waals surface area contributed by atoms with Crippen LogP contribution in [0.15, 0.2) is 18.2 Å². The minimum absolute atomic E-state index is 0.0287. The number of nitrogens with zero attached hydrogens (tertiary/aromatic N) is 4. The van der Waals surface area contributed by atoms with E-state index in [1.807, 2.05) is 33.3 Å². The van der Waals surface area contributed by atoms with Crippen molar-refractivity contribution in [1.29, 1.82) is 0 Å². The SMILES string of the molecule is CN(C)CCN(C)Cc1cccc(CN(C(=O)OC(C)(C)C)C(=O)OC(C)(C)C)n1. The van der Waals surface area contributed by atoms with Gasteiger partial charge in [-0.3, -0.25) is 9.88 Å². The molecular weight excluding hydrogens is 384 g/mol. The molecule has 2 amide bonds. The average Bonchev–Trinajstić information content (AvgIpc) is 2.55. The van der Waals surface area contributed by atoms with Crippen molar-refractivity contribution in [2.75, 3.05) is 34.2 Å². The lowest BCUT2D eigenvalue weighted by atomic mass is 10.2. The van der Waals surface area contributed by atoms with Gasteiger partial charge in [-0.25, -0.2) is 14.5 Å². The molecule has 8 heteroatoms. The van der Waals surface area contributed by atoms with E-state index in [4.69, 9.17) is 9.47 Å². The first-order valence-corrected chi connectivity index (χ1v) is 10.2. The maximum absolute atomic E-state index is 12.7. The summed E-state index contributed by atoms with van der Waals surface area (Å²) in [6.45, 7) is 13.0. The van der Waals surface area contributed by atoms with E-state index in [0.29, 0.717) is 12.2 Å². The Kier molecular flexibility index (Phi) is 9.24. The third-order valence-electron chi connectivity index (χ3n) is 3.77. The molecule has 0 saturated carbocycles. The van der Waals surface area contributed by atoms with Gasteiger partial charge in [-0.2, -0.15) is 0 Å². The lowest BCUT2D eigenvalue weighted by molar-refractivity contribution is -0.000497. The molecule has 0 aliphatic rings. The van der Waals surface area contributed by atoms with Crippen molar-refractivity contribution in [2.24, 2.45) is 0 Å². The van der Waals surface area contributed by atoms with Gasteiger partial charge in [-0.05, 0) is 74.8 Å². The van der Waals surface area contributed by atoms with Gasteiger partial charge >= 0.3 is 12.2 Å². The molecule has 0 unspecified atom stereocenters. The van der Waals surface area contributed by atoms with E-state index in [1.165, 1.54) is 0 Å². The highest BCUT2D eigenvalue weighted by molar-refractivity contribution is 5.88. The molecule has 0 radical (unpaired) electrons. The van der Waals surface area contributed by atoms with Crippen molar-refractivity contribution in [3.8, 4) is 0 Å². The molecule has 8 nitrogen and oxygen atoms in total. The number of amides is 2. The zero-order valence-corrected chi connectivity index (χ0v) is 20.0. The van der Waals surface area contributed by atoms with Gasteiger partial charge in [0.1, 0.15) is 11.2 Å². The Bertz CT molecular complexity index is 680. The van der Waals surface area contributed by atoms with Crippen molar-refractivity contribution in [3.05, 3.63) is 29.6 Å². The molecule has 1 rings (SSSR count). The summed E-state index contributed by atoms with van der Waals surface area (Å²) < 4.78 is 10.8. The Morgan fingerprint density at radius 3 is 1.73 bits per heavy atom. The Morgan fingerprint density at radius 1 is 0.833 bits per heavy atom. The van der Waals surface area contributed by atoms with Gasteiger partial charge in [0.05, 0.1) is 17.9 Å². The van der Waals surface area contributed by atoms with Crippen LogP contribution in [-0.4, -0.2) is 77.3 Å². The summed E-state index contributed by atoms with van der Waals surface area (Å²) in [7, 11) is 6.11.